The van der Waals surface area contributed by atoms with Crippen molar-refractivity contribution in [3.63, 3.8) is 0 Å². The van der Waals surface area contributed by atoms with Crippen LogP contribution < -0.4 is 0 Å². The third-order valence-corrected chi connectivity index (χ3v) is 2.16. The summed E-state index contributed by atoms with van der Waals surface area (Å²) in [5, 5.41) is 0. The van der Waals surface area contributed by atoms with Crippen LogP contribution in [0.3, 0.4) is 0 Å². The summed E-state index contributed by atoms with van der Waals surface area (Å²) in [4.78, 5) is 0. The zero-order valence-electron chi connectivity index (χ0n) is 5.85. The monoisotopic (exact) mass is 139 g/mol. The van der Waals surface area contributed by atoms with E-state index in [1.54, 1.807) is 6.26 Å². The molecule has 9 heavy (non-hydrogen) atoms. The van der Waals surface area contributed by atoms with Crippen LogP contribution in [0.25, 0.3) is 0 Å². The SMILES string of the molecule is C[Si](C)Cc1ccco1. The Balaban J connectivity index is 2.48. The molecular weight excluding hydrogens is 128 g/mol. The van der Waals surface area contributed by atoms with Crippen molar-refractivity contribution >= 4 is 8.80 Å². The fourth-order valence-electron chi connectivity index (χ4n) is 0.762. The first-order chi connectivity index (χ1) is 4.29. The predicted octanol–water partition coefficient (Wildman–Crippen LogP) is 2.12. The molecule has 49 valence electrons. The van der Waals surface area contributed by atoms with E-state index in [-0.39, 0.29) is 8.80 Å². The largest absolute Gasteiger partial charge is 0.470 e. The van der Waals surface area contributed by atoms with E-state index in [2.05, 4.69) is 13.1 Å². The zero-order chi connectivity index (χ0) is 6.69. The number of rotatable bonds is 2. The molecule has 0 fully saturated rings. The average molecular weight is 139 g/mol. The van der Waals surface area contributed by atoms with E-state index in [4.69, 9.17) is 4.42 Å². The highest BCUT2D eigenvalue weighted by Gasteiger charge is 1.99. The summed E-state index contributed by atoms with van der Waals surface area (Å²) in [6, 6.07) is 5.13. The summed E-state index contributed by atoms with van der Waals surface area (Å²) in [5.74, 6) is 1.13. The zero-order valence-corrected chi connectivity index (χ0v) is 6.85. The number of hydrogen-bond acceptors (Lipinski definition) is 1. The molecule has 0 saturated carbocycles. The Morgan fingerprint density at radius 1 is 1.56 bits per heavy atom. The summed E-state index contributed by atoms with van der Waals surface area (Å²) < 4.78 is 5.17. The Morgan fingerprint density at radius 3 is 2.78 bits per heavy atom. The molecule has 0 amide bonds. The minimum Gasteiger partial charge on any atom is -0.470 e. The lowest BCUT2D eigenvalue weighted by atomic mass is 10.5. The summed E-state index contributed by atoms with van der Waals surface area (Å²) in [6.45, 7) is 4.57. The van der Waals surface area contributed by atoms with Gasteiger partial charge in [-0.3, -0.25) is 0 Å². The maximum atomic E-state index is 5.17. The molecule has 0 aliphatic carbocycles. The Kier molecular flexibility index (Phi) is 2.11. The Labute approximate surface area is 57.3 Å². The highest BCUT2D eigenvalue weighted by Crippen LogP contribution is 2.02. The lowest BCUT2D eigenvalue weighted by Crippen LogP contribution is -2.03. The number of furan rings is 1. The summed E-state index contributed by atoms with van der Waals surface area (Å²) in [6.07, 6.45) is 1.74. The second-order valence-corrected chi connectivity index (χ2v) is 5.23. The molecule has 0 spiro atoms. The van der Waals surface area contributed by atoms with Crippen molar-refractivity contribution in [2.75, 3.05) is 0 Å². The molecule has 0 saturated heterocycles. The molecule has 1 aromatic rings. The lowest BCUT2D eigenvalue weighted by molar-refractivity contribution is 0.528. The van der Waals surface area contributed by atoms with Gasteiger partial charge in [-0.25, -0.2) is 0 Å². The van der Waals surface area contributed by atoms with Crippen LogP contribution in [0.5, 0.6) is 0 Å². The Hall–Kier alpha value is -0.503. The van der Waals surface area contributed by atoms with Crippen molar-refractivity contribution in [3.8, 4) is 0 Å². The average Bonchev–Trinajstić information content (AvgIpc) is 2.15. The first kappa shape index (κ1) is 6.61. The Morgan fingerprint density at radius 2 is 2.33 bits per heavy atom. The van der Waals surface area contributed by atoms with Gasteiger partial charge in [0.15, 0.2) is 0 Å². The molecule has 0 aliphatic heterocycles. The number of hydrogen-bond donors (Lipinski definition) is 0. The standard InChI is InChI=1S/C7H11OSi/c1-9(2)6-7-4-3-5-8-7/h3-5H,6H2,1-2H3. The topological polar surface area (TPSA) is 13.1 Å². The molecule has 0 aromatic carbocycles. The van der Waals surface area contributed by atoms with Crippen molar-refractivity contribution < 1.29 is 4.42 Å². The maximum absolute atomic E-state index is 5.17. The molecule has 1 radical (unpaired) electrons. The first-order valence-corrected chi connectivity index (χ1v) is 5.81. The molecule has 1 aromatic heterocycles. The van der Waals surface area contributed by atoms with Gasteiger partial charge in [0.1, 0.15) is 5.76 Å². The van der Waals surface area contributed by atoms with Gasteiger partial charge in [0.25, 0.3) is 0 Å². The fourth-order valence-corrected chi connectivity index (χ4v) is 1.66. The molecule has 0 atom stereocenters. The van der Waals surface area contributed by atoms with Crippen molar-refractivity contribution in [2.45, 2.75) is 19.1 Å². The molecule has 0 aliphatic rings. The van der Waals surface area contributed by atoms with Crippen LogP contribution in [-0.4, -0.2) is 8.80 Å². The van der Waals surface area contributed by atoms with Gasteiger partial charge in [-0.2, -0.15) is 0 Å². The normalized spacial score (nSPS) is 10.6. The van der Waals surface area contributed by atoms with Crippen molar-refractivity contribution in [1.29, 1.82) is 0 Å². The molecule has 1 nitrogen and oxygen atoms in total. The van der Waals surface area contributed by atoms with Gasteiger partial charge >= 0.3 is 0 Å². The third kappa shape index (κ3) is 2.06. The summed E-state index contributed by atoms with van der Waals surface area (Å²) >= 11 is 0. The lowest BCUT2D eigenvalue weighted by Gasteiger charge is -1.95. The van der Waals surface area contributed by atoms with Crippen LogP contribution >= 0.6 is 0 Å². The van der Waals surface area contributed by atoms with Crippen molar-refractivity contribution in [1.82, 2.24) is 0 Å². The summed E-state index contributed by atoms with van der Waals surface area (Å²) in [5.41, 5.74) is 0. The van der Waals surface area contributed by atoms with Gasteiger partial charge in [-0.05, 0) is 18.2 Å². The second kappa shape index (κ2) is 2.87. The highest BCUT2D eigenvalue weighted by atomic mass is 28.3. The van der Waals surface area contributed by atoms with Gasteiger partial charge in [-0.15, -0.1) is 0 Å². The second-order valence-electron chi connectivity index (χ2n) is 2.46. The first-order valence-electron chi connectivity index (χ1n) is 3.10. The van der Waals surface area contributed by atoms with Gasteiger partial charge < -0.3 is 4.42 Å². The Bertz CT molecular complexity index is 155. The van der Waals surface area contributed by atoms with E-state index >= 15 is 0 Å². The van der Waals surface area contributed by atoms with Crippen LogP contribution in [0.15, 0.2) is 22.8 Å². The van der Waals surface area contributed by atoms with Crippen LogP contribution in [-0.2, 0) is 6.04 Å². The van der Waals surface area contributed by atoms with Crippen LogP contribution in [0.4, 0.5) is 0 Å². The smallest absolute Gasteiger partial charge is 0.100 e. The molecule has 0 bridgehead atoms. The molecule has 1 heterocycles. The van der Waals surface area contributed by atoms with E-state index in [1.807, 2.05) is 12.1 Å². The fraction of sp³-hybridized carbons (Fsp3) is 0.429. The van der Waals surface area contributed by atoms with E-state index in [1.165, 1.54) is 0 Å². The summed E-state index contributed by atoms with van der Waals surface area (Å²) in [7, 11) is -0.151. The van der Waals surface area contributed by atoms with Crippen LogP contribution in [0, 0.1) is 0 Å². The molecule has 1 rings (SSSR count). The maximum Gasteiger partial charge on any atom is 0.100 e. The third-order valence-electron chi connectivity index (χ3n) is 1.11. The van der Waals surface area contributed by atoms with E-state index < -0.39 is 0 Å². The van der Waals surface area contributed by atoms with Gasteiger partial charge in [0.2, 0.25) is 0 Å². The van der Waals surface area contributed by atoms with Gasteiger partial charge in [0.05, 0.1) is 15.1 Å². The quantitative estimate of drug-likeness (QED) is 0.572. The van der Waals surface area contributed by atoms with E-state index in [0.717, 1.165) is 11.8 Å². The molecular formula is C7H11OSi. The minimum absolute atomic E-state index is 0.151. The highest BCUT2D eigenvalue weighted by molar-refractivity contribution is 6.55. The molecule has 0 unspecified atom stereocenters. The molecule has 2 heteroatoms. The predicted molar refractivity (Wildman–Crippen MR) is 39.9 cm³/mol. The van der Waals surface area contributed by atoms with E-state index in [0.29, 0.717) is 0 Å². The minimum atomic E-state index is -0.151. The van der Waals surface area contributed by atoms with Crippen LogP contribution in [0.1, 0.15) is 5.76 Å². The van der Waals surface area contributed by atoms with E-state index in [9.17, 15) is 0 Å². The van der Waals surface area contributed by atoms with Crippen LogP contribution in [0.2, 0.25) is 13.1 Å². The van der Waals surface area contributed by atoms with Gasteiger partial charge in [0, 0.05) is 0 Å². The van der Waals surface area contributed by atoms with Crippen molar-refractivity contribution in [3.05, 3.63) is 24.2 Å². The van der Waals surface area contributed by atoms with Gasteiger partial charge in [-0.1, -0.05) is 13.1 Å². The molecule has 0 N–H and O–H groups in total. The van der Waals surface area contributed by atoms with Crippen molar-refractivity contribution in [2.24, 2.45) is 0 Å².